The monoisotopic (exact) mass is 457 g/mol. The van der Waals surface area contributed by atoms with Crippen LogP contribution in [0.25, 0.3) is 0 Å². The summed E-state index contributed by atoms with van der Waals surface area (Å²) in [5.41, 5.74) is 2.24. The van der Waals surface area contributed by atoms with E-state index in [-0.39, 0.29) is 24.0 Å². The van der Waals surface area contributed by atoms with Crippen LogP contribution in [0.3, 0.4) is 0 Å². The molecule has 2 rings (SSSR count). The number of hydrogen-bond acceptors (Lipinski definition) is 4. The largest absolute Gasteiger partial charge is 0.359 e. The smallest absolute Gasteiger partial charge is 0.191 e. The van der Waals surface area contributed by atoms with Crippen molar-refractivity contribution in [2.24, 2.45) is 4.99 Å². The first-order chi connectivity index (χ1) is 11.8. The first kappa shape index (κ1) is 21.4. The van der Waals surface area contributed by atoms with Gasteiger partial charge in [-0.1, -0.05) is 25.1 Å². The molecule has 0 unspecified atom stereocenters. The van der Waals surface area contributed by atoms with Gasteiger partial charge in [-0.15, -0.1) is 24.0 Å². The highest BCUT2D eigenvalue weighted by molar-refractivity contribution is 14.0. The maximum absolute atomic E-state index is 5.41. The van der Waals surface area contributed by atoms with Crippen molar-refractivity contribution in [2.45, 2.75) is 45.6 Å². The van der Waals surface area contributed by atoms with Crippen LogP contribution in [-0.2, 0) is 13.0 Å². The Morgan fingerprint density at radius 2 is 2.08 bits per heavy atom. The Balaban J connectivity index is 0.00000312. The Bertz CT molecular complexity index is 625. The Morgan fingerprint density at radius 3 is 2.72 bits per heavy atom. The molecule has 6 nitrogen and oxygen atoms in total. The zero-order chi connectivity index (χ0) is 17.2. The van der Waals surface area contributed by atoms with Crippen LogP contribution in [0, 0.1) is 0 Å². The van der Waals surface area contributed by atoms with E-state index in [1.165, 1.54) is 5.56 Å². The summed E-state index contributed by atoms with van der Waals surface area (Å²) in [5, 5.41) is 10.7. The molecule has 2 N–H and O–H groups in total. The molecule has 0 saturated heterocycles. The zero-order valence-electron chi connectivity index (χ0n) is 15.2. The summed E-state index contributed by atoms with van der Waals surface area (Å²) in [5.74, 6) is 2.05. The lowest BCUT2D eigenvalue weighted by atomic mass is 9.99. The second-order valence-electron chi connectivity index (χ2n) is 5.70. The van der Waals surface area contributed by atoms with E-state index in [1.807, 2.05) is 18.3 Å². The van der Waals surface area contributed by atoms with Crippen molar-refractivity contribution in [3.8, 4) is 0 Å². The molecule has 0 amide bonds. The minimum Gasteiger partial charge on any atom is -0.359 e. The highest BCUT2D eigenvalue weighted by atomic mass is 127. The predicted molar refractivity (Wildman–Crippen MR) is 111 cm³/mol. The average Bonchev–Trinajstić information content (AvgIpc) is 3.08. The SMILES string of the molecule is CCC(CC)c1cc(CNC(=NC)NCCc2cccnc2)on1.I. The van der Waals surface area contributed by atoms with Crippen LogP contribution < -0.4 is 10.6 Å². The van der Waals surface area contributed by atoms with Crippen molar-refractivity contribution in [3.63, 3.8) is 0 Å². The average molecular weight is 457 g/mol. The van der Waals surface area contributed by atoms with Gasteiger partial charge in [-0.05, 0) is 30.9 Å². The van der Waals surface area contributed by atoms with Crippen LogP contribution in [0.1, 0.15) is 49.6 Å². The molecule has 0 saturated carbocycles. The highest BCUT2D eigenvalue weighted by Crippen LogP contribution is 2.22. The van der Waals surface area contributed by atoms with Crippen LogP contribution in [0.4, 0.5) is 0 Å². The molecule has 2 aromatic heterocycles. The number of rotatable bonds is 8. The molecule has 0 fully saturated rings. The molecule has 0 aliphatic rings. The summed E-state index contributed by atoms with van der Waals surface area (Å²) in [6, 6.07) is 6.05. The molecular weight excluding hydrogens is 429 g/mol. The van der Waals surface area contributed by atoms with E-state index in [4.69, 9.17) is 4.52 Å². The topological polar surface area (TPSA) is 75.3 Å². The lowest BCUT2D eigenvalue weighted by molar-refractivity contribution is 0.368. The molecule has 0 bridgehead atoms. The van der Waals surface area contributed by atoms with Crippen LogP contribution in [0.5, 0.6) is 0 Å². The molecule has 25 heavy (non-hydrogen) atoms. The van der Waals surface area contributed by atoms with Crippen LogP contribution in [0.15, 0.2) is 40.1 Å². The third-order valence-electron chi connectivity index (χ3n) is 4.06. The fourth-order valence-electron chi connectivity index (χ4n) is 2.57. The third-order valence-corrected chi connectivity index (χ3v) is 4.06. The van der Waals surface area contributed by atoms with Gasteiger partial charge in [-0.2, -0.15) is 0 Å². The maximum Gasteiger partial charge on any atom is 0.191 e. The van der Waals surface area contributed by atoms with Crippen LogP contribution >= 0.6 is 24.0 Å². The minimum atomic E-state index is 0. The van der Waals surface area contributed by atoms with Crippen molar-refractivity contribution < 1.29 is 4.52 Å². The second-order valence-corrected chi connectivity index (χ2v) is 5.70. The van der Waals surface area contributed by atoms with E-state index in [2.05, 4.69) is 45.7 Å². The number of nitrogens with one attached hydrogen (secondary N) is 2. The molecular formula is C18H28IN5O. The zero-order valence-corrected chi connectivity index (χ0v) is 17.5. The van der Waals surface area contributed by atoms with E-state index in [1.54, 1.807) is 13.2 Å². The van der Waals surface area contributed by atoms with E-state index in [0.717, 1.165) is 43.2 Å². The van der Waals surface area contributed by atoms with Gasteiger partial charge in [0, 0.05) is 38.0 Å². The molecule has 0 spiro atoms. The van der Waals surface area contributed by atoms with Gasteiger partial charge in [0.1, 0.15) is 0 Å². The number of aromatic nitrogens is 2. The maximum atomic E-state index is 5.41. The van der Waals surface area contributed by atoms with Gasteiger partial charge in [0.2, 0.25) is 0 Å². The highest BCUT2D eigenvalue weighted by Gasteiger charge is 2.13. The van der Waals surface area contributed by atoms with E-state index < -0.39 is 0 Å². The molecule has 0 atom stereocenters. The number of nitrogens with zero attached hydrogens (tertiary/aromatic N) is 3. The number of guanidine groups is 1. The summed E-state index contributed by atoms with van der Waals surface area (Å²) >= 11 is 0. The lowest BCUT2D eigenvalue weighted by Crippen LogP contribution is -2.37. The Labute approximate surface area is 166 Å². The Morgan fingerprint density at radius 1 is 1.28 bits per heavy atom. The molecule has 0 aliphatic heterocycles. The van der Waals surface area contributed by atoms with Gasteiger partial charge in [0.15, 0.2) is 11.7 Å². The third kappa shape index (κ3) is 7.01. The van der Waals surface area contributed by atoms with Gasteiger partial charge in [0.05, 0.1) is 12.2 Å². The summed E-state index contributed by atoms with van der Waals surface area (Å²) in [6.07, 6.45) is 6.72. The van der Waals surface area contributed by atoms with E-state index in [0.29, 0.717) is 12.5 Å². The second kappa shape index (κ2) is 11.8. The van der Waals surface area contributed by atoms with Crippen LogP contribution in [0.2, 0.25) is 0 Å². The van der Waals surface area contributed by atoms with Gasteiger partial charge >= 0.3 is 0 Å². The molecule has 138 valence electrons. The van der Waals surface area contributed by atoms with Crippen LogP contribution in [-0.4, -0.2) is 29.7 Å². The molecule has 0 aliphatic carbocycles. The van der Waals surface area contributed by atoms with Crippen molar-refractivity contribution in [2.75, 3.05) is 13.6 Å². The summed E-state index contributed by atoms with van der Waals surface area (Å²) < 4.78 is 5.41. The first-order valence-corrected chi connectivity index (χ1v) is 8.55. The van der Waals surface area contributed by atoms with Crippen molar-refractivity contribution in [1.82, 2.24) is 20.8 Å². The predicted octanol–water partition coefficient (Wildman–Crippen LogP) is 3.50. The first-order valence-electron chi connectivity index (χ1n) is 8.55. The number of hydrogen-bond donors (Lipinski definition) is 2. The number of pyridine rings is 1. The molecule has 0 aromatic carbocycles. The number of aliphatic imine (C=N–C) groups is 1. The quantitative estimate of drug-likeness (QED) is 0.361. The fraction of sp³-hybridized carbons (Fsp3) is 0.500. The lowest BCUT2D eigenvalue weighted by Gasteiger charge is -2.10. The molecule has 2 aromatic rings. The van der Waals surface area contributed by atoms with Gasteiger partial charge < -0.3 is 15.2 Å². The van der Waals surface area contributed by atoms with Crippen molar-refractivity contribution >= 4 is 29.9 Å². The van der Waals surface area contributed by atoms with Crippen molar-refractivity contribution in [1.29, 1.82) is 0 Å². The number of halogens is 1. The van der Waals surface area contributed by atoms with Gasteiger partial charge in [-0.25, -0.2) is 0 Å². The van der Waals surface area contributed by atoms with Gasteiger partial charge in [0.25, 0.3) is 0 Å². The molecule has 2 heterocycles. The molecule has 7 heteroatoms. The van der Waals surface area contributed by atoms with E-state index in [9.17, 15) is 0 Å². The Kier molecular flexibility index (Phi) is 10.1. The van der Waals surface area contributed by atoms with Gasteiger partial charge in [-0.3, -0.25) is 9.98 Å². The normalized spacial score (nSPS) is 11.3. The van der Waals surface area contributed by atoms with Crippen molar-refractivity contribution in [3.05, 3.63) is 47.6 Å². The van der Waals surface area contributed by atoms with E-state index >= 15 is 0 Å². The molecule has 0 radical (unpaired) electrons. The minimum absolute atomic E-state index is 0. The summed E-state index contributed by atoms with van der Waals surface area (Å²) in [6.45, 7) is 5.71. The summed E-state index contributed by atoms with van der Waals surface area (Å²) in [7, 11) is 1.76. The Hall–Kier alpha value is -1.64. The summed E-state index contributed by atoms with van der Waals surface area (Å²) in [4.78, 5) is 8.34. The fourth-order valence-corrected chi connectivity index (χ4v) is 2.57. The standard InChI is InChI=1S/C18H27N5O.HI/c1-4-15(5-2)17-11-16(24-23-17)13-22-18(19-3)21-10-8-14-7-6-9-20-12-14;/h6-7,9,11-12,15H,4-5,8,10,13H2,1-3H3,(H2,19,21,22);1H.